The van der Waals surface area contributed by atoms with E-state index in [-0.39, 0.29) is 11.7 Å². The molecule has 1 heterocycles. The minimum absolute atomic E-state index is 0.107. The molecule has 0 saturated carbocycles. The number of H-pyrrole nitrogens is 1. The number of carbonyl (C=O) groups is 1. The van der Waals surface area contributed by atoms with E-state index >= 15 is 0 Å². The van der Waals surface area contributed by atoms with Crippen LogP contribution >= 0.6 is 11.8 Å². The Bertz CT molecular complexity index is 725. The number of hydrogen-bond acceptors (Lipinski definition) is 4. The van der Waals surface area contributed by atoms with Crippen LogP contribution in [-0.2, 0) is 4.79 Å². The summed E-state index contributed by atoms with van der Waals surface area (Å²) >= 11 is 1.29. The molecule has 2 N–H and O–H groups in total. The number of carbonyl (C=O) groups excluding carboxylic acids is 1. The van der Waals surface area contributed by atoms with Crippen LogP contribution in [0.1, 0.15) is 16.7 Å². The maximum absolute atomic E-state index is 12.0. The molecule has 2 rings (SSSR count). The zero-order chi connectivity index (χ0) is 15.4. The Balaban J connectivity index is 1.99. The third kappa shape index (κ3) is 4.19. The van der Waals surface area contributed by atoms with E-state index in [4.69, 9.17) is 0 Å². The van der Waals surface area contributed by atoms with Gasteiger partial charge in [-0.3, -0.25) is 4.79 Å². The van der Waals surface area contributed by atoms with Crippen LogP contribution in [0.2, 0.25) is 0 Å². The van der Waals surface area contributed by atoms with E-state index in [1.807, 2.05) is 39.0 Å². The molecule has 5 nitrogen and oxygen atoms in total. The van der Waals surface area contributed by atoms with Crippen molar-refractivity contribution in [1.29, 1.82) is 0 Å². The summed E-state index contributed by atoms with van der Waals surface area (Å²) in [7, 11) is 0. The summed E-state index contributed by atoms with van der Waals surface area (Å²) < 4.78 is 0. The number of rotatable bonds is 4. The van der Waals surface area contributed by atoms with Crippen LogP contribution in [0.15, 0.2) is 34.2 Å². The van der Waals surface area contributed by atoms with Gasteiger partial charge in [-0.15, -0.1) is 0 Å². The van der Waals surface area contributed by atoms with Gasteiger partial charge in [-0.05, 0) is 38.0 Å². The van der Waals surface area contributed by atoms with Gasteiger partial charge in [0.25, 0.3) is 0 Å². The predicted molar refractivity (Wildman–Crippen MR) is 84.9 cm³/mol. The lowest BCUT2D eigenvalue weighted by molar-refractivity contribution is -0.113. The molecular weight excluding hydrogens is 286 g/mol. The van der Waals surface area contributed by atoms with E-state index in [9.17, 15) is 9.59 Å². The number of aromatic amines is 1. The summed E-state index contributed by atoms with van der Waals surface area (Å²) in [5.74, 6) is 0.123. The largest absolute Gasteiger partial charge is 0.345 e. The molecule has 110 valence electrons. The highest BCUT2D eigenvalue weighted by Gasteiger charge is 2.08. The highest BCUT2D eigenvalue weighted by molar-refractivity contribution is 8.00. The molecule has 0 aliphatic carbocycles. The van der Waals surface area contributed by atoms with Crippen LogP contribution in [0.3, 0.4) is 0 Å². The van der Waals surface area contributed by atoms with Crippen LogP contribution in [0.5, 0.6) is 0 Å². The fourth-order valence-electron chi connectivity index (χ4n) is 1.87. The zero-order valence-corrected chi connectivity index (χ0v) is 13.0. The summed E-state index contributed by atoms with van der Waals surface area (Å²) in [4.78, 5) is 29.4. The van der Waals surface area contributed by atoms with E-state index < -0.39 is 5.69 Å². The average Bonchev–Trinajstić information content (AvgIpc) is 2.43. The summed E-state index contributed by atoms with van der Waals surface area (Å²) in [6.45, 7) is 5.81. The lowest BCUT2D eigenvalue weighted by Gasteiger charge is -2.09. The molecule has 21 heavy (non-hydrogen) atoms. The Kier molecular flexibility index (Phi) is 4.80. The second kappa shape index (κ2) is 6.58. The molecule has 6 heteroatoms. The zero-order valence-electron chi connectivity index (χ0n) is 12.2. The first-order valence-electron chi connectivity index (χ1n) is 6.51. The van der Waals surface area contributed by atoms with Gasteiger partial charge in [0.2, 0.25) is 5.91 Å². The Morgan fingerprint density at radius 2 is 2.05 bits per heavy atom. The molecule has 0 aliphatic heterocycles. The third-order valence-electron chi connectivity index (χ3n) is 2.96. The molecule has 0 radical (unpaired) electrons. The highest BCUT2D eigenvalue weighted by atomic mass is 32.2. The van der Waals surface area contributed by atoms with E-state index in [0.29, 0.717) is 5.03 Å². The number of nitrogens with one attached hydrogen (secondary N) is 2. The molecule has 1 amide bonds. The Morgan fingerprint density at radius 1 is 1.29 bits per heavy atom. The normalized spacial score (nSPS) is 10.4. The maximum Gasteiger partial charge on any atom is 0.345 e. The molecule has 0 fully saturated rings. The molecule has 1 aromatic heterocycles. The van der Waals surface area contributed by atoms with Gasteiger partial charge in [0.05, 0.1) is 10.8 Å². The second-order valence-corrected chi connectivity index (χ2v) is 5.84. The van der Waals surface area contributed by atoms with Crippen molar-refractivity contribution < 1.29 is 4.79 Å². The molecule has 0 atom stereocenters. The van der Waals surface area contributed by atoms with Gasteiger partial charge in [0.1, 0.15) is 0 Å². The molecule has 0 spiro atoms. The number of nitrogens with zero attached hydrogens (tertiary/aromatic N) is 1. The van der Waals surface area contributed by atoms with Gasteiger partial charge in [0, 0.05) is 11.9 Å². The van der Waals surface area contributed by atoms with Crippen molar-refractivity contribution in [2.45, 2.75) is 25.8 Å². The standard InChI is InChI=1S/C15H17N3O2S/c1-9-4-5-12(10(2)6-9)17-13(19)8-21-14-11(3)7-16-15(20)18-14/h4-7H,8H2,1-3H3,(H,17,19)(H,16,18,20). The number of hydrogen-bond donors (Lipinski definition) is 2. The third-order valence-corrected chi connectivity index (χ3v) is 4.08. The second-order valence-electron chi connectivity index (χ2n) is 4.86. The minimum Gasteiger partial charge on any atom is -0.325 e. The molecular formula is C15H17N3O2S. The SMILES string of the molecule is Cc1ccc(NC(=O)CSc2[nH]c(=O)ncc2C)c(C)c1. The smallest absolute Gasteiger partial charge is 0.325 e. The van der Waals surface area contributed by atoms with Crippen molar-refractivity contribution >= 4 is 23.4 Å². The van der Waals surface area contributed by atoms with Gasteiger partial charge >= 0.3 is 5.69 Å². The Hall–Kier alpha value is -2.08. The number of aryl methyl sites for hydroxylation is 3. The van der Waals surface area contributed by atoms with E-state index in [0.717, 1.165) is 22.4 Å². The number of amides is 1. The van der Waals surface area contributed by atoms with Crippen molar-refractivity contribution in [2.24, 2.45) is 0 Å². The lowest BCUT2D eigenvalue weighted by atomic mass is 10.1. The van der Waals surface area contributed by atoms with E-state index in [2.05, 4.69) is 15.3 Å². The molecule has 0 bridgehead atoms. The number of benzene rings is 1. The van der Waals surface area contributed by atoms with Crippen LogP contribution in [-0.4, -0.2) is 21.6 Å². The van der Waals surface area contributed by atoms with Crippen molar-refractivity contribution in [3.8, 4) is 0 Å². The van der Waals surface area contributed by atoms with Gasteiger partial charge in [-0.2, -0.15) is 0 Å². The predicted octanol–water partition coefficient (Wildman–Crippen LogP) is 2.43. The average molecular weight is 303 g/mol. The molecule has 0 unspecified atom stereocenters. The van der Waals surface area contributed by atoms with Crippen molar-refractivity contribution in [2.75, 3.05) is 11.1 Å². The number of anilines is 1. The highest BCUT2D eigenvalue weighted by Crippen LogP contribution is 2.19. The topological polar surface area (TPSA) is 74.8 Å². The summed E-state index contributed by atoms with van der Waals surface area (Å²) in [5.41, 5.74) is 3.44. The minimum atomic E-state index is -0.405. The first-order valence-corrected chi connectivity index (χ1v) is 7.50. The van der Waals surface area contributed by atoms with E-state index in [1.54, 1.807) is 0 Å². The first kappa shape index (κ1) is 15.3. The number of aromatic nitrogens is 2. The maximum atomic E-state index is 12.0. The van der Waals surface area contributed by atoms with Crippen LogP contribution in [0.4, 0.5) is 5.69 Å². The Morgan fingerprint density at radius 3 is 2.76 bits per heavy atom. The molecule has 2 aromatic rings. The monoisotopic (exact) mass is 303 g/mol. The van der Waals surface area contributed by atoms with Crippen molar-refractivity contribution in [3.05, 3.63) is 51.6 Å². The Labute approximate surface area is 127 Å². The summed E-state index contributed by atoms with van der Waals surface area (Å²) in [6, 6.07) is 5.88. The van der Waals surface area contributed by atoms with Crippen molar-refractivity contribution in [1.82, 2.24) is 9.97 Å². The van der Waals surface area contributed by atoms with Crippen LogP contribution < -0.4 is 11.0 Å². The molecule has 0 aliphatic rings. The molecule has 0 saturated heterocycles. The fraction of sp³-hybridized carbons (Fsp3) is 0.267. The first-order chi connectivity index (χ1) is 9.95. The fourth-order valence-corrected chi connectivity index (χ4v) is 2.66. The van der Waals surface area contributed by atoms with Crippen LogP contribution in [0, 0.1) is 20.8 Å². The van der Waals surface area contributed by atoms with Crippen molar-refractivity contribution in [3.63, 3.8) is 0 Å². The quantitative estimate of drug-likeness (QED) is 0.672. The van der Waals surface area contributed by atoms with Gasteiger partial charge < -0.3 is 10.3 Å². The van der Waals surface area contributed by atoms with Gasteiger partial charge in [0.15, 0.2) is 0 Å². The summed E-state index contributed by atoms with van der Waals surface area (Å²) in [5, 5.41) is 3.55. The van der Waals surface area contributed by atoms with Gasteiger partial charge in [-0.25, -0.2) is 9.78 Å². The lowest BCUT2D eigenvalue weighted by Crippen LogP contribution is -2.16. The molecule has 1 aromatic carbocycles. The van der Waals surface area contributed by atoms with Gasteiger partial charge in [-0.1, -0.05) is 29.5 Å². The number of thioether (sulfide) groups is 1. The summed E-state index contributed by atoms with van der Waals surface area (Å²) in [6.07, 6.45) is 1.50. The van der Waals surface area contributed by atoms with E-state index in [1.165, 1.54) is 18.0 Å². The van der Waals surface area contributed by atoms with Crippen LogP contribution in [0.25, 0.3) is 0 Å².